The van der Waals surface area contributed by atoms with E-state index < -0.39 is 5.91 Å². The predicted molar refractivity (Wildman–Crippen MR) is 95.2 cm³/mol. The van der Waals surface area contributed by atoms with Crippen molar-refractivity contribution in [2.75, 3.05) is 36.0 Å². The molecule has 9 nitrogen and oxygen atoms in total. The highest BCUT2D eigenvalue weighted by atomic mass is 32.1. The summed E-state index contributed by atoms with van der Waals surface area (Å²) in [6, 6.07) is 1.85. The maximum Gasteiger partial charge on any atom is 0.270 e. The van der Waals surface area contributed by atoms with Gasteiger partial charge in [-0.2, -0.15) is 0 Å². The lowest BCUT2D eigenvalue weighted by molar-refractivity contribution is 0.0995. The summed E-state index contributed by atoms with van der Waals surface area (Å²) < 4.78 is 0.646. The average Bonchev–Trinajstić information content (AvgIpc) is 3.11. The number of hydrogen-bond donors (Lipinski definition) is 2. The number of thiophene rings is 1. The van der Waals surface area contributed by atoms with Gasteiger partial charge in [0, 0.05) is 26.2 Å². The summed E-state index contributed by atoms with van der Waals surface area (Å²) in [6.07, 6.45) is 2.93. The van der Waals surface area contributed by atoms with Crippen molar-refractivity contribution in [1.29, 1.82) is 0 Å². The largest absolute Gasteiger partial charge is 0.364 e. The first-order chi connectivity index (χ1) is 12.1. The van der Waals surface area contributed by atoms with Crippen molar-refractivity contribution >= 4 is 39.2 Å². The van der Waals surface area contributed by atoms with E-state index in [1.165, 1.54) is 17.5 Å². The number of rotatable bonds is 3. The van der Waals surface area contributed by atoms with Gasteiger partial charge in [0.15, 0.2) is 0 Å². The zero-order valence-corrected chi connectivity index (χ0v) is 14.0. The van der Waals surface area contributed by atoms with E-state index in [2.05, 4.69) is 24.8 Å². The number of aromatic amines is 1. The molecule has 4 heterocycles. The Bertz CT molecular complexity index is 973. The van der Waals surface area contributed by atoms with Crippen LogP contribution in [-0.2, 0) is 0 Å². The van der Waals surface area contributed by atoms with Crippen LogP contribution in [0, 0.1) is 0 Å². The molecule has 0 aromatic carbocycles. The maximum absolute atomic E-state index is 12.1. The van der Waals surface area contributed by atoms with Gasteiger partial charge in [0.2, 0.25) is 5.95 Å². The lowest BCUT2D eigenvalue weighted by atomic mass is 10.3. The molecule has 3 aromatic heterocycles. The third-order valence-electron chi connectivity index (χ3n) is 4.10. The number of nitrogens with zero attached hydrogens (tertiary/aromatic N) is 5. The summed E-state index contributed by atoms with van der Waals surface area (Å²) in [5.74, 6) is 0.688. The molecule has 1 saturated heterocycles. The van der Waals surface area contributed by atoms with Gasteiger partial charge in [0.25, 0.3) is 11.5 Å². The van der Waals surface area contributed by atoms with Crippen molar-refractivity contribution < 1.29 is 4.79 Å². The van der Waals surface area contributed by atoms with Gasteiger partial charge in [-0.3, -0.25) is 14.6 Å². The topological polar surface area (TPSA) is 121 Å². The smallest absolute Gasteiger partial charge is 0.270 e. The van der Waals surface area contributed by atoms with Crippen LogP contribution in [-0.4, -0.2) is 52.0 Å². The molecule has 1 amide bonds. The highest BCUT2D eigenvalue weighted by Crippen LogP contribution is 2.19. The Hall–Kier alpha value is -3.01. The first-order valence-corrected chi connectivity index (χ1v) is 8.59. The molecule has 0 atom stereocenters. The van der Waals surface area contributed by atoms with Crippen LogP contribution in [0.1, 0.15) is 10.5 Å². The van der Waals surface area contributed by atoms with Crippen molar-refractivity contribution in [3.63, 3.8) is 0 Å². The Morgan fingerprint density at radius 2 is 1.92 bits per heavy atom. The number of nitrogens with two attached hydrogens (primary N) is 1. The molecular weight excluding hydrogens is 342 g/mol. The number of carbonyl (C=O) groups excluding carboxylic acids is 1. The minimum atomic E-state index is -0.595. The number of carbonyl (C=O) groups is 1. The second kappa shape index (κ2) is 6.13. The fourth-order valence-corrected chi connectivity index (χ4v) is 3.50. The minimum absolute atomic E-state index is 0.106. The van der Waals surface area contributed by atoms with E-state index >= 15 is 0 Å². The Morgan fingerprint density at radius 1 is 1.16 bits per heavy atom. The maximum atomic E-state index is 12.1. The molecule has 1 fully saturated rings. The molecular formula is C15H15N7O2S. The van der Waals surface area contributed by atoms with Crippen LogP contribution < -0.4 is 21.1 Å². The molecule has 4 rings (SSSR count). The number of anilines is 2. The predicted octanol–water partition coefficient (Wildman–Crippen LogP) is 0.200. The van der Waals surface area contributed by atoms with Crippen LogP contribution in [0.4, 0.5) is 11.8 Å². The first-order valence-electron chi connectivity index (χ1n) is 7.71. The second-order valence-corrected chi connectivity index (χ2v) is 6.54. The summed E-state index contributed by atoms with van der Waals surface area (Å²) in [5.41, 5.74) is 5.93. The van der Waals surface area contributed by atoms with Gasteiger partial charge < -0.3 is 15.5 Å². The van der Waals surface area contributed by atoms with Crippen LogP contribution in [0.15, 0.2) is 28.6 Å². The van der Waals surface area contributed by atoms with E-state index in [-0.39, 0.29) is 11.3 Å². The normalized spacial score (nSPS) is 14.9. The Balaban J connectivity index is 1.48. The van der Waals surface area contributed by atoms with Crippen LogP contribution >= 0.6 is 11.3 Å². The molecule has 128 valence electrons. The van der Waals surface area contributed by atoms with E-state index in [0.29, 0.717) is 42.6 Å². The SMILES string of the molecule is NC(=O)c1cnc(N2CCN(c3nc4ccsc4c(=O)[nH]3)CC2)cn1. The summed E-state index contributed by atoms with van der Waals surface area (Å²) in [7, 11) is 0. The number of hydrogen-bond acceptors (Lipinski definition) is 8. The summed E-state index contributed by atoms with van der Waals surface area (Å²) in [6.45, 7) is 2.79. The highest BCUT2D eigenvalue weighted by molar-refractivity contribution is 7.17. The zero-order valence-electron chi connectivity index (χ0n) is 13.2. The standard InChI is InChI=1S/C15H15N7O2S/c16-13(23)10-7-18-11(8-17-10)21-2-4-22(5-3-21)15-19-9-1-6-25-12(9)14(24)20-15/h1,6-8H,2-5H2,(H2,16,23)(H,19,20,24). The third kappa shape index (κ3) is 2.91. The molecule has 0 spiro atoms. The monoisotopic (exact) mass is 357 g/mol. The second-order valence-electron chi connectivity index (χ2n) is 5.62. The van der Waals surface area contributed by atoms with E-state index in [1.807, 2.05) is 16.3 Å². The molecule has 0 bridgehead atoms. The van der Waals surface area contributed by atoms with Gasteiger partial charge >= 0.3 is 0 Å². The molecule has 3 N–H and O–H groups in total. The van der Waals surface area contributed by atoms with Gasteiger partial charge in [-0.05, 0) is 11.4 Å². The van der Waals surface area contributed by atoms with Crippen molar-refractivity contribution in [3.05, 3.63) is 39.9 Å². The van der Waals surface area contributed by atoms with Gasteiger partial charge in [0.05, 0.1) is 17.9 Å². The number of aromatic nitrogens is 4. The van der Waals surface area contributed by atoms with Crippen LogP contribution in [0.25, 0.3) is 10.2 Å². The number of fused-ring (bicyclic) bond motifs is 1. The molecule has 0 aliphatic carbocycles. The zero-order chi connectivity index (χ0) is 17.4. The Morgan fingerprint density at radius 3 is 2.60 bits per heavy atom. The van der Waals surface area contributed by atoms with Gasteiger partial charge in [-0.1, -0.05) is 0 Å². The van der Waals surface area contributed by atoms with Crippen LogP contribution in [0.3, 0.4) is 0 Å². The lowest BCUT2D eigenvalue weighted by Gasteiger charge is -2.35. The highest BCUT2D eigenvalue weighted by Gasteiger charge is 2.21. The first kappa shape index (κ1) is 15.5. The van der Waals surface area contributed by atoms with Crippen molar-refractivity contribution in [2.24, 2.45) is 5.73 Å². The summed E-state index contributed by atoms with van der Waals surface area (Å²) in [5, 5.41) is 1.86. The fourth-order valence-electron chi connectivity index (χ4n) is 2.77. The van der Waals surface area contributed by atoms with Crippen molar-refractivity contribution in [3.8, 4) is 0 Å². The number of nitrogens with one attached hydrogen (secondary N) is 1. The average molecular weight is 357 g/mol. The molecule has 25 heavy (non-hydrogen) atoms. The van der Waals surface area contributed by atoms with Gasteiger partial charge in [-0.25, -0.2) is 15.0 Å². The number of H-pyrrole nitrogens is 1. The Labute approximate surface area is 146 Å². The van der Waals surface area contributed by atoms with Crippen LogP contribution in [0.2, 0.25) is 0 Å². The van der Waals surface area contributed by atoms with Gasteiger partial charge in [0.1, 0.15) is 16.2 Å². The number of piperazine rings is 1. The lowest BCUT2D eigenvalue weighted by Crippen LogP contribution is -2.47. The molecule has 0 saturated carbocycles. The number of primary amides is 1. The molecule has 1 aliphatic heterocycles. The number of amides is 1. The van der Waals surface area contributed by atoms with E-state index in [9.17, 15) is 9.59 Å². The third-order valence-corrected chi connectivity index (χ3v) is 5.00. The molecule has 1 aliphatic rings. The quantitative estimate of drug-likeness (QED) is 0.687. The molecule has 0 radical (unpaired) electrons. The fraction of sp³-hybridized carbons (Fsp3) is 0.267. The van der Waals surface area contributed by atoms with E-state index in [0.717, 1.165) is 5.52 Å². The summed E-state index contributed by atoms with van der Waals surface area (Å²) >= 11 is 1.39. The molecule has 3 aromatic rings. The minimum Gasteiger partial charge on any atom is -0.364 e. The van der Waals surface area contributed by atoms with Gasteiger partial charge in [-0.15, -0.1) is 11.3 Å². The van der Waals surface area contributed by atoms with E-state index in [1.54, 1.807) is 6.20 Å². The van der Waals surface area contributed by atoms with Crippen molar-refractivity contribution in [2.45, 2.75) is 0 Å². The van der Waals surface area contributed by atoms with Crippen molar-refractivity contribution in [1.82, 2.24) is 19.9 Å². The van der Waals surface area contributed by atoms with E-state index in [4.69, 9.17) is 5.73 Å². The summed E-state index contributed by atoms with van der Waals surface area (Å²) in [4.78, 5) is 42.9. The van der Waals surface area contributed by atoms with Crippen LogP contribution in [0.5, 0.6) is 0 Å². The molecule has 0 unspecified atom stereocenters. The Kier molecular flexibility index (Phi) is 3.80. The molecule has 10 heteroatoms.